The molecule has 0 aliphatic carbocycles. The predicted molar refractivity (Wildman–Crippen MR) is 56.0 cm³/mol. The van der Waals surface area contributed by atoms with Crippen molar-refractivity contribution in [2.75, 3.05) is 11.9 Å². The monoisotopic (exact) mass is 244 g/mol. The number of benzene rings is 1. The molecule has 1 amide bonds. The zero-order valence-corrected chi connectivity index (χ0v) is 8.90. The van der Waals surface area contributed by atoms with Crippen LogP contribution in [-0.2, 0) is 4.79 Å². The lowest BCUT2D eigenvalue weighted by molar-refractivity contribution is -0.117. The van der Waals surface area contributed by atoms with Crippen molar-refractivity contribution >= 4 is 11.6 Å². The number of rotatable bonds is 2. The summed E-state index contributed by atoms with van der Waals surface area (Å²) >= 11 is 0. The van der Waals surface area contributed by atoms with E-state index in [2.05, 4.69) is 10.6 Å². The molecule has 0 unspecified atom stereocenters. The zero-order valence-electron chi connectivity index (χ0n) is 8.90. The first-order valence-corrected chi connectivity index (χ1v) is 5.26. The Morgan fingerprint density at radius 2 is 1.94 bits per heavy atom. The van der Waals surface area contributed by atoms with Crippen LogP contribution in [0.4, 0.5) is 18.9 Å². The lowest BCUT2D eigenvalue weighted by Crippen LogP contribution is -2.35. The molecule has 1 aromatic rings. The van der Waals surface area contributed by atoms with Crippen molar-refractivity contribution in [1.29, 1.82) is 0 Å². The summed E-state index contributed by atoms with van der Waals surface area (Å²) in [4.78, 5) is 11.6. The lowest BCUT2D eigenvalue weighted by Gasteiger charge is -2.11. The van der Waals surface area contributed by atoms with E-state index in [4.69, 9.17) is 0 Å². The van der Waals surface area contributed by atoms with E-state index in [1.807, 2.05) is 0 Å². The fourth-order valence-corrected chi connectivity index (χ4v) is 1.77. The second-order valence-electron chi connectivity index (χ2n) is 3.89. The van der Waals surface area contributed by atoms with E-state index >= 15 is 0 Å². The third-order valence-corrected chi connectivity index (χ3v) is 2.63. The molecule has 0 bridgehead atoms. The minimum atomic E-state index is -1.54. The molecule has 1 saturated heterocycles. The van der Waals surface area contributed by atoms with Gasteiger partial charge in [0.25, 0.3) is 0 Å². The average Bonchev–Trinajstić information content (AvgIpc) is 2.79. The summed E-state index contributed by atoms with van der Waals surface area (Å²) in [5.41, 5.74) is -0.0832. The van der Waals surface area contributed by atoms with Crippen LogP contribution < -0.4 is 10.6 Å². The molecule has 2 N–H and O–H groups in total. The quantitative estimate of drug-likeness (QED) is 0.779. The Balaban J connectivity index is 2.10. The van der Waals surface area contributed by atoms with Crippen molar-refractivity contribution in [1.82, 2.24) is 5.32 Å². The highest BCUT2D eigenvalue weighted by molar-refractivity contribution is 5.95. The normalized spacial score (nSPS) is 19.4. The largest absolute Gasteiger partial charge is 0.325 e. The third kappa shape index (κ3) is 2.58. The van der Waals surface area contributed by atoms with Gasteiger partial charge in [-0.3, -0.25) is 4.79 Å². The van der Waals surface area contributed by atoms with E-state index < -0.39 is 17.5 Å². The minimum Gasteiger partial charge on any atom is -0.325 e. The van der Waals surface area contributed by atoms with Crippen molar-refractivity contribution in [3.05, 3.63) is 29.6 Å². The topological polar surface area (TPSA) is 41.1 Å². The highest BCUT2D eigenvalue weighted by Crippen LogP contribution is 2.18. The molecule has 0 saturated carbocycles. The molecule has 0 aromatic heterocycles. The molecule has 1 fully saturated rings. The summed E-state index contributed by atoms with van der Waals surface area (Å²) in [5, 5.41) is 5.29. The minimum absolute atomic E-state index is 0.0832. The van der Waals surface area contributed by atoms with Gasteiger partial charge in [-0.15, -0.1) is 0 Å². The first-order valence-electron chi connectivity index (χ1n) is 5.26. The van der Waals surface area contributed by atoms with Gasteiger partial charge in [-0.25, -0.2) is 13.2 Å². The maximum Gasteiger partial charge on any atom is 0.241 e. The number of hydrogen-bond acceptors (Lipinski definition) is 2. The number of carbonyl (C=O) groups excluding carboxylic acids is 1. The molecule has 6 heteroatoms. The highest BCUT2D eigenvalue weighted by atomic mass is 19.2. The highest BCUT2D eigenvalue weighted by Gasteiger charge is 2.22. The number of hydrogen-bond donors (Lipinski definition) is 2. The van der Waals surface area contributed by atoms with Crippen LogP contribution in [0.2, 0.25) is 0 Å². The number of anilines is 1. The van der Waals surface area contributed by atoms with Crippen LogP contribution in [0.5, 0.6) is 0 Å². The van der Waals surface area contributed by atoms with Crippen LogP contribution >= 0.6 is 0 Å². The van der Waals surface area contributed by atoms with Crippen molar-refractivity contribution < 1.29 is 18.0 Å². The Kier molecular flexibility index (Phi) is 3.33. The number of nitrogens with one attached hydrogen (secondary N) is 2. The average molecular weight is 244 g/mol. The number of carbonyl (C=O) groups is 1. The van der Waals surface area contributed by atoms with Gasteiger partial charge in [-0.1, -0.05) is 0 Å². The smallest absolute Gasteiger partial charge is 0.241 e. The van der Waals surface area contributed by atoms with E-state index in [9.17, 15) is 18.0 Å². The summed E-state index contributed by atoms with van der Waals surface area (Å²) in [6.07, 6.45) is 1.56. The fourth-order valence-electron chi connectivity index (χ4n) is 1.77. The Labute approximate surface area is 96.0 Å². The second kappa shape index (κ2) is 4.75. The van der Waals surface area contributed by atoms with Gasteiger partial charge in [0.05, 0.1) is 6.04 Å². The molecule has 0 spiro atoms. The molecule has 1 aliphatic rings. The molecule has 1 heterocycles. The Morgan fingerprint density at radius 1 is 1.29 bits per heavy atom. The molecule has 1 aromatic carbocycles. The van der Waals surface area contributed by atoms with Crippen molar-refractivity contribution in [2.45, 2.75) is 18.9 Å². The molecule has 1 aliphatic heterocycles. The van der Waals surface area contributed by atoms with E-state index in [0.29, 0.717) is 6.42 Å². The number of amides is 1. The molecule has 2 rings (SSSR count). The van der Waals surface area contributed by atoms with Crippen molar-refractivity contribution in [3.63, 3.8) is 0 Å². The van der Waals surface area contributed by atoms with Gasteiger partial charge < -0.3 is 10.6 Å². The standard InChI is InChI=1S/C11H11F3N2O/c12-7-4-6(5-8(13)10(7)14)16-11(17)9-2-1-3-15-9/h4-5,9,15H,1-3H2,(H,16,17)/t9-/m0/s1. The van der Waals surface area contributed by atoms with Crippen LogP contribution in [0.15, 0.2) is 12.1 Å². The Morgan fingerprint density at radius 3 is 2.47 bits per heavy atom. The maximum absolute atomic E-state index is 12.9. The molecule has 17 heavy (non-hydrogen) atoms. The third-order valence-electron chi connectivity index (χ3n) is 2.63. The second-order valence-corrected chi connectivity index (χ2v) is 3.89. The van der Waals surface area contributed by atoms with Crippen molar-refractivity contribution in [2.24, 2.45) is 0 Å². The first-order chi connectivity index (χ1) is 8.08. The molecule has 92 valence electrons. The van der Waals surface area contributed by atoms with Crippen LogP contribution in [0, 0.1) is 17.5 Å². The van der Waals surface area contributed by atoms with Gasteiger partial charge >= 0.3 is 0 Å². The van der Waals surface area contributed by atoms with Crippen LogP contribution in [0.1, 0.15) is 12.8 Å². The lowest BCUT2D eigenvalue weighted by atomic mass is 10.2. The van der Waals surface area contributed by atoms with E-state index in [1.54, 1.807) is 0 Å². The molecular formula is C11H11F3N2O. The van der Waals surface area contributed by atoms with Crippen LogP contribution in [0.25, 0.3) is 0 Å². The fraction of sp³-hybridized carbons (Fsp3) is 0.364. The Hall–Kier alpha value is -1.56. The van der Waals surface area contributed by atoms with E-state index in [1.165, 1.54) is 0 Å². The zero-order chi connectivity index (χ0) is 12.4. The SMILES string of the molecule is O=C(Nc1cc(F)c(F)c(F)c1)[C@@H]1CCCN1. The summed E-state index contributed by atoms with van der Waals surface area (Å²) in [5.74, 6) is -4.55. The first kappa shape index (κ1) is 11.9. The summed E-state index contributed by atoms with van der Waals surface area (Å²) in [6, 6.07) is 1.16. The summed E-state index contributed by atoms with van der Waals surface area (Å²) in [7, 11) is 0. The van der Waals surface area contributed by atoms with Gasteiger partial charge in [-0.05, 0) is 19.4 Å². The summed E-state index contributed by atoms with van der Waals surface area (Å²) in [6.45, 7) is 0.740. The van der Waals surface area contributed by atoms with Crippen molar-refractivity contribution in [3.8, 4) is 0 Å². The molecule has 3 nitrogen and oxygen atoms in total. The van der Waals surface area contributed by atoms with Gasteiger partial charge in [0.1, 0.15) is 0 Å². The Bertz CT molecular complexity index is 421. The van der Waals surface area contributed by atoms with Gasteiger partial charge in [-0.2, -0.15) is 0 Å². The molecule has 1 atom stereocenters. The van der Waals surface area contributed by atoms with Gasteiger partial charge in [0, 0.05) is 17.8 Å². The van der Waals surface area contributed by atoms with Crippen LogP contribution in [-0.4, -0.2) is 18.5 Å². The van der Waals surface area contributed by atoms with E-state index in [0.717, 1.165) is 25.1 Å². The van der Waals surface area contributed by atoms with Gasteiger partial charge in [0.15, 0.2) is 17.5 Å². The molecular weight excluding hydrogens is 233 g/mol. The number of halogens is 3. The summed E-state index contributed by atoms with van der Waals surface area (Å²) < 4.78 is 38.4. The van der Waals surface area contributed by atoms with Crippen LogP contribution in [0.3, 0.4) is 0 Å². The van der Waals surface area contributed by atoms with E-state index in [-0.39, 0.29) is 17.6 Å². The molecule has 0 radical (unpaired) electrons. The maximum atomic E-state index is 12.9. The van der Waals surface area contributed by atoms with Gasteiger partial charge in [0.2, 0.25) is 5.91 Å². The predicted octanol–water partition coefficient (Wildman–Crippen LogP) is 1.79.